The van der Waals surface area contributed by atoms with E-state index in [4.69, 9.17) is 9.47 Å². The lowest BCUT2D eigenvalue weighted by atomic mass is 9.86. The molecular formula is C18H19BrO3. The number of para-hydroxylation sites is 1. The van der Waals surface area contributed by atoms with Gasteiger partial charge in [0.15, 0.2) is 6.61 Å². The quantitative estimate of drug-likeness (QED) is 0.582. The maximum Gasteiger partial charge on any atom is 0.349 e. The Morgan fingerprint density at radius 2 is 1.77 bits per heavy atom. The zero-order chi connectivity index (χ0) is 16.2. The molecule has 2 rings (SSSR count). The summed E-state index contributed by atoms with van der Waals surface area (Å²) < 4.78 is 11.9. The minimum absolute atomic E-state index is 0.0809. The molecule has 0 aromatic heterocycles. The van der Waals surface area contributed by atoms with Gasteiger partial charge in [-0.05, 0) is 35.7 Å². The van der Waals surface area contributed by atoms with Gasteiger partial charge in [-0.15, -0.1) is 0 Å². The fraction of sp³-hybridized carbons (Fsp3) is 0.278. The number of esters is 1. The maximum atomic E-state index is 11.9. The van der Waals surface area contributed by atoms with E-state index in [1.165, 1.54) is 0 Å². The minimum Gasteiger partial charge on any atom is -0.482 e. The molecule has 0 amide bonds. The van der Waals surface area contributed by atoms with Crippen molar-refractivity contribution in [2.75, 3.05) is 6.61 Å². The highest BCUT2D eigenvalue weighted by Gasteiger charge is 2.20. The minimum atomic E-state index is -0.422. The Balaban J connectivity index is 2.04. The van der Waals surface area contributed by atoms with E-state index >= 15 is 0 Å². The zero-order valence-corrected chi connectivity index (χ0v) is 14.5. The zero-order valence-electron chi connectivity index (χ0n) is 12.9. The first-order valence-electron chi connectivity index (χ1n) is 7.05. The Bertz CT molecular complexity index is 645. The van der Waals surface area contributed by atoms with Gasteiger partial charge in [0.25, 0.3) is 0 Å². The number of carbonyl (C=O) groups is 1. The van der Waals surface area contributed by atoms with Gasteiger partial charge in [0.1, 0.15) is 11.5 Å². The Morgan fingerprint density at radius 1 is 1.09 bits per heavy atom. The van der Waals surface area contributed by atoms with E-state index in [2.05, 4.69) is 36.7 Å². The molecule has 0 saturated heterocycles. The second kappa shape index (κ2) is 6.97. The van der Waals surface area contributed by atoms with Crippen LogP contribution in [0.2, 0.25) is 0 Å². The summed E-state index contributed by atoms with van der Waals surface area (Å²) in [7, 11) is 0. The molecule has 0 N–H and O–H groups in total. The third-order valence-electron chi connectivity index (χ3n) is 3.07. The SMILES string of the molecule is CC(C)(C)c1cc(Br)ccc1OCC(=O)Oc1ccccc1. The fourth-order valence-electron chi connectivity index (χ4n) is 2.00. The third-order valence-corrected chi connectivity index (χ3v) is 3.56. The van der Waals surface area contributed by atoms with Crippen LogP contribution in [0.3, 0.4) is 0 Å². The van der Waals surface area contributed by atoms with Crippen molar-refractivity contribution in [2.24, 2.45) is 0 Å². The summed E-state index contributed by atoms with van der Waals surface area (Å²) in [6.45, 7) is 6.18. The number of carbonyl (C=O) groups excluding carboxylic acids is 1. The summed E-state index contributed by atoms with van der Waals surface area (Å²) in [4.78, 5) is 11.9. The molecule has 0 aliphatic heterocycles. The Labute approximate surface area is 139 Å². The molecule has 0 bridgehead atoms. The van der Waals surface area contributed by atoms with Gasteiger partial charge in [-0.25, -0.2) is 4.79 Å². The number of hydrogen-bond acceptors (Lipinski definition) is 3. The van der Waals surface area contributed by atoms with Gasteiger partial charge in [0.05, 0.1) is 0 Å². The topological polar surface area (TPSA) is 35.5 Å². The van der Waals surface area contributed by atoms with Gasteiger partial charge >= 0.3 is 5.97 Å². The number of hydrogen-bond donors (Lipinski definition) is 0. The van der Waals surface area contributed by atoms with Crippen LogP contribution in [0.5, 0.6) is 11.5 Å². The second-order valence-corrected chi connectivity index (χ2v) is 6.88. The molecule has 3 nitrogen and oxygen atoms in total. The van der Waals surface area contributed by atoms with Gasteiger partial charge in [-0.2, -0.15) is 0 Å². The number of rotatable bonds is 4. The molecule has 0 atom stereocenters. The van der Waals surface area contributed by atoms with Gasteiger partial charge in [-0.1, -0.05) is 54.9 Å². The van der Waals surface area contributed by atoms with Crippen LogP contribution in [-0.4, -0.2) is 12.6 Å². The van der Waals surface area contributed by atoms with Gasteiger partial charge < -0.3 is 9.47 Å². The monoisotopic (exact) mass is 362 g/mol. The molecule has 0 heterocycles. The summed E-state index contributed by atoms with van der Waals surface area (Å²) in [5.41, 5.74) is 0.956. The number of benzene rings is 2. The molecule has 0 fully saturated rings. The Morgan fingerprint density at radius 3 is 2.41 bits per heavy atom. The standard InChI is InChI=1S/C18H19BrO3/c1-18(2,3)15-11-13(19)9-10-16(15)21-12-17(20)22-14-7-5-4-6-8-14/h4-11H,12H2,1-3H3. The largest absolute Gasteiger partial charge is 0.482 e. The molecule has 0 aliphatic rings. The number of ether oxygens (including phenoxy) is 2. The molecule has 0 radical (unpaired) electrons. The van der Waals surface area contributed by atoms with Crippen molar-refractivity contribution in [1.29, 1.82) is 0 Å². The lowest BCUT2D eigenvalue weighted by Gasteiger charge is -2.23. The van der Waals surface area contributed by atoms with Crippen LogP contribution in [0, 0.1) is 0 Å². The van der Waals surface area contributed by atoms with E-state index in [0.29, 0.717) is 11.5 Å². The van der Waals surface area contributed by atoms with Gasteiger partial charge in [-0.3, -0.25) is 0 Å². The van der Waals surface area contributed by atoms with E-state index in [1.54, 1.807) is 12.1 Å². The Hall–Kier alpha value is -1.81. The van der Waals surface area contributed by atoms with Crippen LogP contribution in [0.25, 0.3) is 0 Å². The molecule has 0 spiro atoms. The molecule has 2 aromatic carbocycles. The number of halogens is 1. The van der Waals surface area contributed by atoms with Crippen molar-refractivity contribution in [2.45, 2.75) is 26.2 Å². The predicted molar refractivity (Wildman–Crippen MR) is 90.4 cm³/mol. The van der Waals surface area contributed by atoms with Crippen molar-refractivity contribution in [1.82, 2.24) is 0 Å². The molecule has 2 aromatic rings. The molecule has 0 unspecified atom stereocenters. The van der Waals surface area contributed by atoms with Crippen molar-refractivity contribution in [3.8, 4) is 11.5 Å². The van der Waals surface area contributed by atoms with Crippen LogP contribution in [0.15, 0.2) is 53.0 Å². The third kappa shape index (κ3) is 4.60. The van der Waals surface area contributed by atoms with Crippen molar-refractivity contribution in [3.63, 3.8) is 0 Å². The second-order valence-electron chi connectivity index (χ2n) is 5.97. The van der Waals surface area contributed by atoms with E-state index in [-0.39, 0.29) is 12.0 Å². The van der Waals surface area contributed by atoms with Gasteiger partial charge in [0, 0.05) is 10.0 Å². The summed E-state index contributed by atoms with van der Waals surface area (Å²) >= 11 is 3.47. The lowest BCUT2D eigenvalue weighted by molar-refractivity contribution is -0.136. The Kier molecular flexibility index (Phi) is 5.24. The molecule has 4 heteroatoms. The van der Waals surface area contributed by atoms with E-state index in [9.17, 15) is 4.79 Å². The molecule has 116 valence electrons. The molecule has 22 heavy (non-hydrogen) atoms. The van der Waals surface area contributed by atoms with Gasteiger partial charge in [0.2, 0.25) is 0 Å². The highest BCUT2D eigenvalue weighted by molar-refractivity contribution is 9.10. The predicted octanol–water partition coefficient (Wildman–Crippen LogP) is 4.73. The van der Waals surface area contributed by atoms with E-state index < -0.39 is 5.97 Å². The first-order chi connectivity index (χ1) is 10.4. The smallest absolute Gasteiger partial charge is 0.349 e. The molecular weight excluding hydrogens is 344 g/mol. The van der Waals surface area contributed by atoms with Crippen molar-refractivity contribution < 1.29 is 14.3 Å². The molecule has 0 saturated carbocycles. The summed E-state index contributed by atoms with van der Waals surface area (Å²) in [5.74, 6) is 0.789. The van der Waals surface area contributed by atoms with Crippen LogP contribution in [0.4, 0.5) is 0 Å². The summed E-state index contributed by atoms with van der Waals surface area (Å²) in [6.07, 6.45) is 0. The fourth-order valence-corrected chi connectivity index (χ4v) is 2.36. The van der Waals surface area contributed by atoms with Crippen LogP contribution < -0.4 is 9.47 Å². The van der Waals surface area contributed by atoms with E-state index in [1.807, 2.05) is 36.4 Å². The van der Waals surface area contributed by atoms with Crippen molar-refractivity contribution in [3.05, 3.63) is 58.6 Å². The average molecular weight is 363 g/mol. The van der Waals surface area contributed by atoms with Crippen LogP contribution >= 0.6 is 15.9 Å². The maximum absolute atomic E-state index is 11.9. The highest BCUT2D eigenvalue weighted by Crippen LogP contribution is 2.33. The average Bonchev–Trinajstić information content (AvgIpc) is 2.46. The van der Waals surface area contributed by atoms with Crippen LogP contribution in [-0.2, 0) is 10.2 Å². The van der Waals surface area contributed by atoms with E-state index in [0.717, 1.165) is 10.0 Å². The van der Waals surface area contributed by atoms with Crippen molar-refractivity contribution >= 4 is 21.9 Å². The highest BCUT2D eigenvalue weighted by atomic mass is 79.9. The summed E-state index contributed by atoms with van der Waals surface area (Å²) in [6, 6.07) is 14.7. The van der Waals surface area contributed by atoms with Crippen LogP contribution in [0.1, 0.15) is 26.3 Å². The first-order valence-corrected chi connectivity index (χ1v) is 7.84. The molecule has 0 aliphatic carbocycles. The summed E-state index contributed by atoms with van der Waals surface area (Å²) in [5, 5.41) is 0. The lowest BCUT2D eigenvalue weighted by Crippen LogP contribution is -2.20. The normalized spacial score (nSPS) is 11.1. The first kappa shape index (κ1) is 16.6.